The number of nitrogens with one attached hydrogen (secondary N) is 4. The number of nitrogens with zero attached hydrogens (tertiary/aromatic N) is 2. The molecule has 0 bridgehead atoms. The Morgan fingerprint density at radius 1 is 1.19 bits per heavy atom. The van der Waals surface area contributed by atoms with Crippen LogP contribution in [-0.4, -0.2) is 48.1 Å². The number of thiazole rings is 1. The molecule has 7 nitrogen and oxygen atoms in total. The minimum atomic E-state index is 0.0768. The van der Waals surface area contributed by atoms with Crippen LogP contribution in [0.2, 0.25) is 0 Å². The van der Waals surface area contributed by atoms with Gasteiger partial charge < -0.3 is 21.3 Å². The number of pyridine rings is 1. The van der Waals surface area contributed by atoms with Gasteiger partial charge in [-0.15, -0.1) is 22.7 Å². The monoisotopic (exact) mass is 468 g/mol. The van der Waals surface area contributed by atoms with Gasteiger partial charge in [0, 0.05) is 42.2 Å². The van der Waals surface area contributed by atoms with Crippen LogP contribution in [0.15, 0.2) is 18.5 Å². The van der Waals surface area contributed by atoms with E-state index in [0.29, 0.717) is 12.5 Å². The molecule has 32 heavy (non-hydrogen) atoms. The van der Waals surface area contributed by atoms with E-state index < -0.39 is 0 Å². The zero-order valence-electron chi connectivity index (χ0n) is 17.9. The van der Waals surface area contributed by atoms with E-state index in [1.807, 2.05) is 12.3 Å². The van der Waals surface area contributed by atoms with Crippen molar-refractivity contribution in [2.24, 2.45) is 11.8 Å². The zero-order chi connectivity index (χ0) is 21.5. The van der Waals surface area contributed by atoms with Crippen molar-refractivity contribution in [1.29, 1.82) is 0 Å². The topological polar surface area (TPSA) is 91.0 Å². The lowest BCUT2D eigenvalue weighted by Gasteiger charge is -2.14. The van der Waals surface area contributed by atoms with Crippen LogP contribution >= 0.6 is 22.7 Å². The van der Waals surface area contributed by atoms with Gasteiger partial charge in [0.1, 0.15) is 15.5 Å². The number of hydrogen-bond acceptors (Lipinski definition) is 8. The van der Waals surface area contributed by atoms with Crippen molar-refractivity contribution in [3.05, 3.63) is 28.9 Å². The first-order valence-corrected chi connectivity index (χ1v) is 13.2. The molecule has 3 atom stereocenters. The molecule has 1 saturated heterocycles. The summed E-state index contributed by atoms with van der Waals surface area (Å²) >= 11 is 3.37. The van der Waals surface area contributed by atoms with Crippen LogP contribution in [0.25, 0.3) is 20.8 Å². The van der Waals surface area contributed by atoms with Crippen LogP contribution in [0.1, 0.15) is 29.7 Å². The number of hydrogen-bond donors (Lipinski definition) is 4. The Hall–Kier alpha value is -1.91. The Balaban J connectivity index is 1.16. The molecule has 0 unspecified atom stereocenters. The van der Waals surface area contributed by atoms with Gasteiger partial charge in [-0.3, -0.25) is 9.78 Å². The van der Waals surface area contributed by atoms with Crippen molar-refractivity contribution < 1.29 is 4.79 Å². The van der Waals surface area contributed by atoms with Gasteiger partial charge >= 0.3 is 0 Å². The minimum absolute atomic E-state index is 0.0768. The largest absolute Gasteiger partial charge is 0.317 e. The van der Waals surface area contributed by atoms with Gasteiger partial charge in [-0.05, 0) is 62.4 Å². The molecule has 1 amide bonds. The molecule has 9 heteroatoms. The summed E-state index contributed by atoms with van der Waals surface area (Å²) in [6.07, 6.45) is 7.55. The van der Waals surface area contributed by atoms with Crippen molar-refractivity contribution in [2.45, 2.75) is 38.3 Å². The van der Waals surface area contributed by atoms with E-state index >= 15 is 0 Å². The summed E-state index contributed by atoms with van der Waals surface area (Å²) in [4.78, 5) is 23.2. The molecule has 3 aliphatic rings. The maximum absolute atomic E-state index is 12.9. The fourth-order valence-corrected chi connectivity index (χ4v) is 7.76. The molecule has 2 fully saturated rings. The highest BCUT2D eigenvalue weighted by Crippen LogP contribution is 2.44. The van der Waals surface area contributed by atoms with Crippen LogP contribution in [0, 0.1) is 11.8 Å². The summed E-state index contributed by atoms with van der Waals surface area (Å²) < 4.78 is 1.13. The fraction of sp³-hybridized carbons (Fsp3) is 0.522. The highest BCUT2D eigenvalue weighted by molar-refractivity contribution is 7.22. The van der Waals surface area contributed by atoms with Crippen LogP contribution in [-0.2, 0) is 17.8 Å². The highest BCUT2D eigenvalue weighted by atomic mass is 32.1. The minimum Gasteiger partial charge on any atom is -0.317 e. The molecule has 1 saturated carbocycles. The highest BCUT2D eigenvalue weighted by Gasteiger charge is 2.36. The summed E-state index contributed by atoms with van der Waals surface area (Å²) in [5, 5.41) is 15.7. The lowest BCUT2D eigenvalue weighted by molar-refractivity contribution is -0.116. The van der Waals surface area contributed by atoms with Crippen molar-refractivity contribution in [3.8, 4) is 10.6 Å². The standard InChI is InChI=1S/C23H28N6OS2/c30-20(3-6-27-15-7-13-9-26-10-14(13)8-15)29-23-21(16-1-4-25-12-19(16)32-23)22-28-17-11-24-5-2-18(17)31-22/h2,5,11,13-15,25-27H,1,3-4,6-10,12H2,(H,29,30)/t13-,14+,15+. The first-order valence-electron chi connectivity index (χ1n) is 11.5. The van der Waals surface area contributed by atoms with Crippen molar-refractivity contribution >= 4 is 43.8 Å². The van der Waals surface area contributed by atoms with Crippen molar-refractivity contribution in [2.75, 3.05) is 31.5 Å². The van der Waals surface area contributed by atoms with E-state index in [1.54, 1.807) is 28.9 Å². The Morgan fingerprint density at radius 2 is 2.06 bits per heavy atom. The quantitative estimate of drug-likeness (QED) is 0.445. The van der Waals surface area contributed by atoms with Crippen LogP contribution in [0.4, 0.5) is 5.00 Å². The molecule has 3 aromatic rings. The first kappa shape index (κ1) is 20.7. The summed E-state index contributed by atoms with van der Waals surface area (Å²) in [7, 11) is 0. The second-order valence-electron chi connectivity index (χ2n) is 9.10. The van der Waals surface area contributed by atoms with Crippen LogP contribution < -0.4 is 21.3 Å². The van der Waals surface area contributed by atoms with E-state index in [1.165, 1.54) is 23.3 Å². The lowest BCUT2D eigenvalue weighted by atomic mass is 10.0. The maximum atomic E-state index is 12.9. The van der Waals surface area contributed by atoms with Gasteiger partial charge in [-0.1, -0.05) is 0 Å². The molecule has 3 aromatic heterocycles. The Bertz CT molecular complexity index is 1100. The normalized spacial score (nSPS) is 24.6. The van der Waals surface area contributed by atoms with E-state index in [4.69, 9.17) is 4.98 Å². The summed E-state index contributed by atoms with van der Waals surface area (Å²) in [5.74, 6) is 1.71. The van der Waals surface area contributed by atoms with E-state index in [0.717, 1.165) is 76.8 Å². The third-order valence-corrected chi connectivity index (χ3v) is 9.23. The zero-order valence-corrected chi connectivity index (χ0v) is 19.6. The lowest BCUT2D eigenvalue weighted by Crippen LogP contribution is -2.31. The number of amides is 1. The SMILES string of the molecule is O=C(CCN[C@@H]1C[C@H]2CNC[C@H]2C1)Nc1sc2c(c1-c1nc3cnccc3s1)CCNC2. The molecular weight excluding hydrogens is 440 g/mol. The average Bonchev–Trinajstić information content (AvgIpc) is 3.54. The summed E-state index contributed by atoms with van der Waals surface area (Å²) in [6.45, 7) is 4.87. The smallest absolute Gasteiger partial charge is 0.226 e. The Labute approximate surface area is 195 Å². The predicted octanol–water partition coefficient (Wildman–Crippen LogP) is 2.98. The number of carbonyl (C=O) groups is 1. The molecule has 0 spiro atoms. The van der Waals surface area contributed by atoms with Gasteiger partial charge in [-0.2, -0.15) is 0 Å². The second-order valence-corrected chi connectivity index (χ2v) is 11.2. The van der Waals surface area contributed by atoms with E-state index in [2.05, 4.69) is 26.3 Å². The van der Waals surface area contributed by atoms with Crippen molar-refractivity contribution in [3.63, 3.8) is 0 Å². The third-order valence-electron chi connectivity index (χ3n) is 7.02. The molecular formula is C23H28N6OS2. The van der Waals surface area contributed by atoms with Gasteiger partial charge in [0.2, 0.25) is 5.91 Å². The number of fused-ring (bicyclic) bond motifs is 3. The molecule has 1 aliphatic carbocycles. The third kappa shape index (κ3) is 3.97. The summed E-state index contributed by atoms with van der Waals surface area (Å²) in [6, 6.07) is 2.57. The molecule has 4 N–H and O–H groups in total. The molecule has 0 aromatic carbocycles. The molecule has 168 valence electrons. The number of aromatic nitrogens is 2. The molecule has 0 radical (unpaired) electrons. The van der Waals surface area contributed by atoms with Crippen molar-refractivity contribution in [1.82, 2.24) is 25.9 Å². The van der Waals surface area contributed by atoms with E-state index in [-0.39, 0.29) is 5.91 Å². The van der Waals surface area contributed by atoms with E-state index in [9.17, 15) is 4.79 Å². The first-order chi connectivity index (χ1) is 15.7. The second kappa shape index (κ2) is 8.79. The number of rotatable bonds is 6. The number of thiophene rings is 1. The maximum Gasteiger partial charge on any atom is 0.226 e. The molecule has 2 aliphatic heterocycles. The Morgan fingerprint density at radius 3 is 2.91 bits per heavy atom. The molecule has 5 heterocycles. The number of anilines is 1. The fourth-order valence-electron chi connectivity index (χ4n) is 5.45. The van der Waals surface area contributed by atoms with Gasteiger partial charge in [0.15, 0.2) is 0 Å². The van der Waals surface area contributed by atoms with Crippen LogP contribution in [0.3, 0.4) is 0 Å². The Kier molecular flexibility index (Phi) is 5.68. The summed E-state index contributed by atoms with van der Waals surface area (Å²) in [5.41, 5.74) is 3.37. The average molecular weight is 469 g/mol. The van der Waals surface area contributed by atoms with Crippen LogP contribution in [0.5, 0.6) is 0 Å². The van der Waals surface area contributed by atoms with Gasteiger partial charge in [0.05, 0.1) is 10.9 Å². The van der Waals surface area contributed by atoms with Gasteiger partial charge in [0.25, 0.3) is 0 Å². The predicted molar refractivity (Wildman–Crippen MR) is 130 cm³/mol. The number of carbonyl (C=O) groups excluding carboxylic acids is 1. The molecule has 6 rings (SSSR count). The van der Waals surface area contributed by atoms with Gasteiger partial charge in [-0.25, -0.2) is 4.98 Å².